The summed E-state index contributed by atoms with van der Waals surface area (Å²) in [5, 5.41) is 0. The van der Waals surface area contributed by atoms with Crippen LogP contribution >= 0.6 is 0 Å². The number of benzene rings is 1. The number of hydrogen-bond acceptors (Lipinski definition) is 3. The van der Waals surface area contributed by atoms with Crippen LogP contribution in [0, 0.1) is 5.82 Å². The molecule has 18 heavy (non-hydrogen) atoms. The molecule has 96 valence electrons. The molecule has 0 fully saturated rings. The lowest BCUT2D eigenvalue weighted by Gasteiger charge is -2.29. The van der Waals surface area contributed by atoms with Crippen molar-refractivity contribution in [3.05, 3.63) is 29.6 Å². The van der Waals surface area contributed by atoms with Crippen molar-refractivity contribution in [2.45, 2.75) is 19.3 Å². The van der Waals surface area contributed by atoms with Crippen LogP contribution in [0.2, 0.25) is 0 Å². The Bertz CT molecular complexity index is 490. The molecule has 2 rings (SSSR count). The first kappa shape index (κ1) is 12.5. The van der Waals surface area contributed by atoms with Crippen LogP contribution in [-0.4, -0.2) is 18.4 Å². The average molecular weight is 251 g/mol. The summed E-state index contributed by atoms with van der Waals surface area (Å²) >= 11 is 0. The predicted molar refractivity (Wildman–Crippen MR) is 64.0 cm³/mol. The van der Waals surface area contributed by atoms with Crippen molar-refractivity contribution in [3.8, 4) is 0 Å². The summed E-state index contributed by atoms with van der Waals surface area (Å²) in [5.41, 5.74) is 3.49. The number of fused-ring (bicyclic) bond motifs is 1. The summed E-state index contributed by atoms with van der Waals surface area (Å²) in [4.78, 5) is 24.4. The van der Waals surface area contributed by atoms with E-state index < -0.39 is 0 Å². The molecular formula is C12H14FN3O2. The van der Waals surface area contributed by atoms with Crippen molar-refractivity contribution >= 4 is 17.5 Å². The highest BCUT2D eigenvalue weighted by atomic mass is 19.1. The molecule has 3 N–H and O–H groups in total. The number of amides is 2. The van der Waals surface area contributed by atoms with Crippen molar-refractivity contribution in [2.75, 3.05) is 11.4 Å². The number of nitrogens with zero attached hydrogens (tertiary/aromatic N) is 1. The monoisotopic (exact) mass is 251 g/mol. The first-order valence-electron chi connectivity index (χ1n) is 5.70. The minimum absolute atomic E-state index is 0.0565. The Hall–Kier alpha value is -1.95. The van der Waals surface area contributed by atoms with Gasteiger partial charge in [-0.05, 0) is 30.2 Å². The molecule has 1 aliphatic heterocycles. The zero-order valence-corrected chi connectivity index (χ0v) is 9.78. The van der Waals surface area contributed by atoms with Crippen molar-refractivity contribution in [3.63, 3.8) is 0 Å². The van der Waals surface area contributed by atoms with Gasteiger partial charge >= 0.3 is 0 Å². The van der Waals surface area contributed by atoms with Gasteiger partial charge in [0.15, 0.2) is 0 Å². The van der Waals surface area contributed by atoms with Crippen LogP contribution in [0.5, 0.6) is 0 Å². The summed E-state index contributed by atoms with van der Waals surface area (Å²) in [6, 6.07) is 4.31. The third kappa shape index (κ3) is 2.48. The van der Waals surface area contributed by atoms with Gasteiger partial charge < -0.3 is 4.90 Å². The molecule has 6 heteroatoms. The van der Waals surface area contributed by atoms with Gasteiger partial charge in [0.05, 0.1) is 0 Å². The molecule has 0 radical (unpaired) electrons. The van der Waals surface area contributed by atoms with E-state index in [1.165, 1.54) is 17.0 Å². The summed E-state index contributed by atoms with van der Waals surface area (Å²) in [6.07, 6.45) is 0.991. The summed E-state index contributed by atoms with van der Waals surface area (Å²) in [5.74, 6) is 4.27. The minimum atomic E-state index is -0.336. The van der Waals surface area contributed by atoms with Crippen LogP contribution in [0.1, 0.15) is 18.4 Å². The SMILES string of the molecule is NNC(=O)CCN1C(=O)CCc2cc(F)ccc21. The molecule has 2 amide bonds. The van der Waals surface area contributed by atoms with Crippen molar-refractivity contribution < 1.29 is 14.0 Å². The van der Waals surface area contributed by atoms with Crippen LogP contribution < -0.4 is 16.2 Å². The number of anilines is 1. The molecule has 1 aliphatic rings. The number of nitrogens with two attached hydrogens (primary N) is 1. The number of nitrogens with one attached hydrogen (secondary N) is 1. The van der Waals surface area contributed by atoms with E-state index in [2.05, 4.69) is 0 Å². The Kier molecular flexibility index (Phi) is 3.57. The Morgan fingerprint density at radius 1 is 1.44 bits per heavy atom. The molecule has 1 heterocycles. The van der Waals surface area contributed by atoms with E-state index in [9.17, 15) is 14.0 Å². The third-order valence-corrected chi connectivity index (χ3v) is 2.97. The maximum Gasteiger partial charge on any atom is 0.235 e. The molecular weight excluding hydrogens is 237 g/mol. The maximum atomic E-state index is 13.1. The van der Waals surface area contributed by atoms with E-state index in [4.69, 9.17) is 5.84 Å². The van der Waals surface area contributed by atoms with Crippen molar-refractivity contribution in [2.24, 2.45) is 5.84 Å². The predicted octanol–water partition coefficient (Wildman–Crippen LogP) is 0.485. The van der Waals surface area contributed by atoms with Gasteiger partial charge in [0.1, 0.15) is 5.82 Å². The average Bonchev–Trinajstić information content (AvgIpc) is 2.37. The van der Waals surface area contributed by atoms with E-state index in [0.717, 1.165) is 5.56 Å². The topological polar surface area (TPSA) is 75.4 Å². The Balaban J connectivity index is 2.20. The lowest BCUT2D eigenvalue weighted by Crippen LogP contribution is -2.39. The standard InChI is InChI=1S/C12H14FN3O2/c13-9-2-3-10-8(7-9)1-4-12(18)16(10)6-5-11(17)15-14/h2-3,7H,1,4-6,14H2,(H,15,17). The van der Waals surface area contributed by atoms with Gasteiger partial charge in [-0.15, -0.1) is 0 Å². The fourth-order valence-electron chi connectivity index (χ4n) is 2.06. The van der Waals surface area contributed by atoms with E-state index in [-0.39, 0.29) is 30.6 Å². The molecule has 0 bridgehead atoms. The lowest BCUT2D eigenvalue weighted by atomic mass is 10.0. The number of hydrazine groups is 1. The quantitative estimate of drug-likeness (QED) is 0.466. The van der Waals surface area contributed by atoms with Gasteiger partial charge in [-0.3, -0.25) is 15.0 Å². The largest absolute Gasteiger partial charge is 0.312 e. The molecule has 0 unspecified atom stereocenters. The second kappa shape index (κ2) is 5.14. The Morgan fingerprint density at radius 3 is 2.94 bits per heavy atom. The molecule has 1 aromatic carbocycles. The normalized spacial score (nSPS) is 14.3. The highest BCUT2D eigenvalue weighted by Gasteiger charge is 2.24. The summed E-state index contributed by atoms with van der Waals surface area (Å²) in [6.45, 7) is 0.250. The molecule has 0 aromatic heterocycles. The van der Waals surface area contributed by atoms with E-state index in [1.807, 2.05) is 5.43 Å². The van der Waals surface area contributed by atoms with Gasteiger partial charge in [0.2, 0.25) is 11.8 Å². The Morgan fingerprint density at radius 2 is 2.22 bits per heavy atom. The van der Waals surface area contributed by atoms with Crippen LogP contribution in [-0.2, 0) is 16.0 Å². The van der Waals surface area contributed by atoms with E-state index in [1.54, 1.807) is 6.07 Å². The zero-order chi connectivity index (χ0) is 13.1. The minimum Gasteiger partial charge on any atom is -0.312 e. The molecule has 0 aliphatic carbocycles. The molecule has 0 saturated carbocycles. The summed E-state index contributed by atoms with van der Waals surface area (Å²) < 4.78 is 13.1. The fourth-order valence-corrected chi connectivity index (χ4v) is 2.06. The number of halogens is 1. The highest BCUT2D eigenvalue weighted by molar-refractivity contribution is 5.96. The zero-order valence-electron chi connectivity index (χ0n) is 9.78. The van der Waals surface area contributed by atoms with Gasteiger partial charge in [0.25, 0.3) is 0 Å². The smallest absolute Gasteiger partial charge is 0.235 e. The molecule has 1 aromatic rings. The number of rotatable bonds is 3. The molecule has 0 spiro atoms. The first-order chi connectivity index (χ1) is 8.61. The maximum absolute atomic E-state index is 13.1. The van der Waals surface area contributed by atoms with Gasteiger partial charge in [-0.1, -0.05) is 0 Å². The number of carbonyl (C=O) groups excluding carboxylic acids is 2. The van der Waals surface area contributed by atoms with E-state index >= 15 is 0 Å². The molecule has 0 saturated heterocycles. The van der Waals surface area contributed by atoms with Crippen LogP contribution in [0.4, 0.5) is 10.1 Å². The fraction of sp³-hybridized carbons (Fsp3) is 0.333. The van der Waals surface area contributed by atoms with Gasteiger partial charge in [-0.2, -0.15) is 0 Å². The third-order valence-electron chi connectivity index (χ3n) is 2.97. The second-order valence-electron chi connectivity index (χ2n) is 4.14. The van der Waals surface area contributed by atoms with Crippen LogP contribution in [0.15, 0.2) is 18.2 Å². The summed E-state index contributed by atoms with van der Waals surface area (Å²) in [7, 11) is 0. The first-order valence-corrected chi connectivity index (χ1v) is 5.70. The van der Waals surface area contributed by atoms with E-state index in [0.29, 0.717) is 18.5 Å². The van der Waals surface area contributed by atoms with Gasteiger partial charge in [-0.25, -0.2) is 10.2 Å². The van der Waals surface area contributed by atoms with Crippen molar-refractivity contribution in [1.82, 2.24) is 5.43 Å². The second-order valence-corrected chi connectivity index (χ2v) is 4.14. The molecule has 0 atom stereocenters. The number of hydrogen-bond donors (Lipinski definition) is 2. The van der Waals surface area contributed by atoms with Crippen LogP contribution in [0.3, 0.4) is 0 Å². The molecule has 5 nitrogen and oxygen atoms in total. The number of carbonyl (C=O) groups is 2. The van der Waals surface area contributed by atoms with Gasteiger partial charge in [0, 0.05) is 25.1 Å². The highest BCUT2D eigenvalue weighted by Crippen LogP contribution is 2.28. The number of aryl methyl sites for hydroxylation is 1. The lowest BCUT2D eigenvalue weighted by molar-refractivity contribution is -0.121. The van der Waals surface area contributed by atoms with Crippen LogP contribution in [0.25, 0.3) is 0 Å². The Labute approximate surface area is 104 Å². The van der Waals surface area contributed by atoms with Crippen molar-refractivity contribution in [1.29, 1.82) is 0 Å².